The molecule has 0 unspecified atom stereocenters. The van der Waals surface area contributed by atoms with Gasteiger partial charge in [0.15, 0.2) is 0 Å². The predicted molar refractivity (Wildman–Crippen MR) is 71.9 cm³/mol. The van der Waals surface area contributed by atoms with Crippen LogP contribution in [0.15, 0.2) is 28.7 Å². The Morgan fingerprint density at radius 3 is 2.71 bits per heavy atom. The summed E-state index contributed by atoms with van der Waals surface area (Å²) in [6, 6.07) is 7.42. The van der Waals surface area contributed by atoms with Crippen LogP contribution in [-0.2, 0) is 0 Å². The van der Waals surface area contributed by atoms with Gasteiger partial charge in [0.1, 0.15) is 0 Å². The zero-order valence-corrected chi connectivity index (χ0v) is 11.3. The highest BCUT2D eigenvalue weighted by molar-refractivity contribution is 9.10. The molecule has 0 aliphatic heterocycles. The summed E-state index contributed by atoms with van der Waals surface area (Å²) in [4.78, 5) is 12.1. The summed E-state index contributed by atoms with van der Waals surface area (Å²) in [7, 11) is 0. The predicted octanol–water partition coefficient (Wildman–Crippen LogP) is 2.45. The summed E-state index contributed by atoms with van der Waals surface area (Å²) < 4.78 is 0.915. The zero-order valence-electron chi connectivity index (χ0n) is 9.71. The number of nitrogens with one attached hydrogen (secondary N) is 1. The van der Waals surface area contributed by atoms with Gasteiger partial charge in [-0.25, -0.2) is 0 Å². The number of hydrogen-bond donors (Lipinski definition) is 2. The average Bonchev–Trinajstić information content (AvgIpc) is 2.78. The van der Waals surface area contributed by atoms with E-state index in [0.29, 0.717) is 12.1 Å². The van der Waals surface area contributed by atoms with Crippen LogP contribution >= 0.6 is 15.9 Å². The van der Waals surface area contributed by atoms with E-state index in [2.05, 4.69) is 21.2 Å². The monoisotopic (exact) mass is 296 g/mol. The Balaban J connectivity index is 2.11. The van der Waals surface area contributed by atoms with Gasteiger partial charge in [-0.05, 0) is 31.0 Å². The van der Waals surface area contributed by atoms with Crippen LogP contribution in [0.4, 0.5) is 0 Å². The summed E-state index contributed by atoms with van der Waals surface area (Å²) >= 11 is 3.37. The van der Waals surface area contributed by atoms with Gasteiger partial charge in [0, 0.05) is 16.6 Å². The van der Waals surface area contributed by atoms with Crippen molar-refractivity contribution in [1.82, 2.24) is 5.32 Å². The fourth-order valence-corrected chi connectivity index (χ4v) is 2.77. The molecule has 3 N–H and O–H groups in total. The Hall–Kier alpha value is -0.870. The fourth-order valence-electron chi connectivity index (χ4n) is 2.37. The van der Waals surface area contributed by atoms with E-state index < -0.39 is 0 Å². The van der Waals surface area contributed by atoms with Gasteiger partial charge in [-0.3, -0.25) is 4.79 Å². The maximum Gasteiger partial charge on any atom is 0.251 e. The van der Waals surface area contributed by atoms with Gasteiger partial charge in [-0.15, -0.1) is 0 Å². The quantitative estimate of drug-likeness (QED) is 0.900. The van der Waals surface area contributed by atoms with E-state index in [9.17, 15) is 4.79 Å². The van der Waals surface area contributed by atoms with E-state index in [4.69, 9.17) is 5.73 Å². The van der Waals surface area contributed by atoms with Gasteiger partial charge in [0.2, 0.25) is 0 Å². The fraction of sp³-hybridized carbons (Fsp3) is 0.462. The third kappa shape index (κ3) is 2.87. The number of rotatable bonds is 3. The van der Waals surface area contributed by atoms with Crippen LogP contribution in [0.2, 0.25) is 0 Å². The van der Waals surface area contributed by atoms with E-state index in [1.807, 2.05) is 24.3 Å². The van der Waals surface area contributed by atoms with Crippen molar-refractivity contribution < 1.29 is 4.79 Å². The lowest BCUT2D eigenvalue weighted by molar-refractivity contribution is 0.0903. The van der Waals surface area contributed by atoms with E-state index in [1.54, 1.807) is 0 Å². The molecule has 2 rings (SSSR count). The molecule has 0 spiro atoms. The van der Waals surface area contributed by atoms with Crippen molar-refractivity contribution in [3.05, 3.63) is 34.3 Å². The first-order chi connectivity index (χ1) is 8.15. The minimum Gasteiger partial charge on any atom is -0.345 e. The van der Waals surface area contributed by atoms with Gasteiger partial charge < -0.3 is 11.1 Å². The van der Waals surface area contributed by atoms with Crippen molar-refractivity contribution in [3.63, 3.8) is 0 Å². The number of hydrogen-bond acceptors (Lipinski definition) is 2. The number of amides is 1. The Labute approximate surface area is 110 Å². The van der Waals surface area contributed by atoms with Gasteiger partial charge >= 0.3 is 0 Å². The van der Waals surface area contributed by atoms with Gasteiger partial charge in [0.25, 0.3) is 5.91 Å². The summed E-state index contributed by atoms with van der Waals surface area (Å²) in [6.07, 6.45) is 4.28. The van der Waals surface area contributed by atoms with Crippen molar-refractivity contribution >= 4 is 21.8 Å². The summed E-state index contributed by atoms with van der Waals surface area (Å²) in [6.45, 7) is 0.521. The van der Waals surface area contributed by atoms with Crippen LogP contribution in [0.1, 0.15) is 36.0 Å². The molecule has 1 amide bonds. The lowest BCUT2D eigenvalue weighted by atomic mass is 9.97. The van der Waals surface area contributed by atoms with Crippen LogP contribution in [-0.4, -0.2) is 18.0 Å². The second-order valence-electron chi connectivity index (χ2n) is 4.66. The zero-order chi connectivity index (χ0) is 12.3. The Bertz CT molecular complexity index is 414. The lowest BCUT2D eigenvalue weighted by Crippen LogP contribution is -2.51. The maximum atomic E-state index is 12.1. The molecule has 1 saturated carbocycles. The van der Waals surface area contributed by atoms with E-state index in [-0.39, 0.29) is 11.4 Å². The molecule has 1 aliphatic carbocycles. The Kier molecular flexibility index (Phi) is 3.84. The number of benzene rings is 1. The molecular formula is C13H17BrN2O. The molecule has 1 aliphatic rings. The number of halogens is 1. The standard InChI is InChI=1S/C13H17BrN2O/c14-11-5-3-4-10(8-11)12(17)16-13(9-15)6-1-2-7-13/h3-5,8H,1-2,6-7,9,15H2,(H,16,17). The first kappa shape index (κ1) is 12.6. The van der Waals surface area contributed by atoms with E-state index in [1.165, 1.54) is 0 Å². The molecule has 0 bridgehead atoms. The molecule has 1 aromatic rings. The Morgan fingerprint density at radius 1 is 1.41 bits per heavy atom. The molecule has 4 heteroatoms. The SMILES string of the molecule is NCC1(NC(=O)c2cccc(Br)c2)CCCC1. The largest absolute Gasteiger partial charge is 0.345 e. The van der Waals surface area contributed by atoms with Crippen LogP contribution in [0.3, 0.4) is 0 Å². The van der Waals surface area contributed by atoms with Crippen molar-refractivity contribution in [2.75, 3.05) is 6.54 Å². The minimum absolute atomic E-state index is 0.0290. The van der Waals surface area contributed by atoms with Crippen LogP contribution in [0, 0.1) is 0 Å². The van der Waals surface area contributed by atoms with Crippen LogP contribution in [0.25, 0.3) is 0 Å². The maximum absolute atomic E-state index is 12.1. The molecule has 1 aromatic carbocycles. The minimum atomic E-state index is -0.181. The molecule has 0 heterocycles. The highest BCUT2D eigenvalue weighted by Gasteiger charge is 2.33. The van der Waals surface area contributed by atoms with Gasteiger partial charge in [-0.1, -0.05) is 34.8 Å². The number of carbonyl (C=O) groups is 1. The van der Waals surface area contributed by atoms with Crippen molar-refractivity contribution in [2.24, 2.45) is 5.73 Å². The molecule has 1 fully saturated rings. The van der Waals surface area contributed by atoms with Crippen molar-refractivity contribution in [2.45, 2.75) is 31.2 Å². The molecule has 0 aromatic heterocycles. The molecule has 3 nitrogen and oxygen atoms in total. The number of nitrogens with two attached hydrogens (primary N) is 1. The molecular weight excluding hydrogens is 280 g/mol. The average molecular weight is 297 g/mol. The second kappa shape index (κ2) is 5.19. The molecule has 0 saturated heterocycles. The van der Waals surface area contributed by atoms with Crippen LogP contribution in [0.5, 0.6) is 0 Å². The third-order valence-electron chi connectivity index (χ3n) is 3.42. The molecule has 0 atom stereocenters. The molecule has 92 valence electrons. The molecule has 17 heavy (non-hydrogen) atoms. The van der Waals surface area contributed by atoms with Gasteiger partial charge in [0.05, 0.1) is 5.54 Å². The summed E-state index contributed by atoms with van der Waals surface area (Å²) in [5, 5.41) is 3.10. The van der Waals surface area contributed by atoms with Crippen molar-refractivity contribution in [1.29, 1.82) is 0 Å². The Morgan fingerprint density at radius 2 is 2.12 bits per heavy atom. The second-order valence-corrected chi connectivity index (χ2v) is 5.57. The molecule has 0 radical (unpaired) electrons. The lowest BCUT2D eigenvalue weighted by Gasteiger charge is -2.28. The highest BCUT2D eigenvalue weighted by atomic mass is 79.9. The highest BCUT2D eigenvalue weighted by Crippen LogP contribution is 2.29. The third-order valence-corrected chi connectivity index (χ3v) is 3.91. The summed E-state index contributed by atoms with van der Waals surface area (Å²) in [5.41, 5.74) is 6.30. The van der Waals surface area contributed by atoms with Gasteiger partial charge in [-0.2, -0.15) is 0 Å². The smallest absolute Gasteiger partial charge is 0.251 e. The van der Waals surface area contributed by atoms with E-state index in [0.717, 1.165) is 30.2 Å². The first-order valence-electron chi connectivity index (χ1n) is 5.93. The number of carbonyl (C=O) groups excluding carboxylic acids is 1. The van der Waals surface area contributed by atoms with Crippen LogP contribution < -0.4 is 11.1 Å². The topological polar surface area (TPSA) is 55.1 Å². The van der Waals surface area contributed by atoms with E-state index >= 15 is 0 Å². The summed E-state index contributed by atoms with van der Waals surface area (Å²) in [5.74, 6) is -0.0290. The first-order valence-corrected chi connectivity index (χ1v) is 6.73. The normalized spacial score (nSPS) is 18.0. The van der Waals surface area contributed by atoms with Crippen molar-refractivity contribution in [3.8, 4) is 0 Å².